The normalized spacial score (nSPS) is 18.4. The molecular weight excluding hydrogens is 426 g/mol. The summed E-state index contributed by atoms with van der Waals surface area (Å²) in [6, 6.07) is 5.84. The minimum Gasteiger partial charge on any atom is -0.405 e. The zero-order chi connectivity index (χ0) is 16.0. The van der Waals surface area contributed by atoms with Crippen molar-refractivity contribution in [1.82, 2.24) is 5.32 Å². The van der Waals surface area contributed by atoms with Gasteiger partial charge in [0.25, 0.3) is 0 Å². The zero-order valence-electron chi connectivity index (χ0n) is 12.3. The van der Waals surface area contributed by atoms with Crippen LogP contribution in [0.1, 0.15) is 18.4 Å². The van der Waals surface area contributed by atoms with Gasteiger partial charge in [-0.1, -0.05) is 18.2 Å². The van der Waals surface area contributed by atoms with Crippen molar-refractivity contribution in [3.8, 4) is 5.75 Å². The molecule has 0 spiro atoms. The third kappa shape index (κ3) is 7.25. The third-order valence-corrected chi connectivity index (χ3v) is 3.15. The Morgan fingerprint density at radius 1 is 1.39 bits per heavy atom. The lowest BCUT2D eigenvalue weighted by molar-refractivity contribution is -0.274. The lowest BCUT2D eigenvalue weighted by Crippen LogP contribution is -2.37. The Labute approximate surface area is 149 Å². The standard InChI is InChI=1S/C14H18F3N3O2.HI/c15-14(16,17)22-12-6-2-1-4-10(12)8-19-13(18)20-9-11-5-3-7-21-11;/h1-2,4,6,11H,3,5,7-9H2,(H3,18,19,20);1H. The Balaban J connectivity index is 0.00000264. The predicted molar refractivity (Wildman–Crippen MR) is 90.8 cm³/mol. The molecule has 130 valence electrons. The molecule has 1 saturated heterocycles. The minimum atomic E-state index is -4.73. The Morgan fingerprint density at radius 2 is 2.13 bits per heavy atom. The van der Waals surface area contributed by atoms with Crippen molar-refractivity contribution in [2.24, 2.45) is 10.7 Å². The number of rotatable bonds is 5. The van der Waals surface area contributed by atoms with E-state index in [1.54, 1.807) is 6.07 Å². The average molecular weight is 445 g/mol. The van der Waals surface area contributed by atoms with Crippen LogP contribution in [0.3, 0.4) is 0 Å². The number of aliphatic imine (C=N–C) groups is 1. The van der Waals surface area contributed by atoms with Gasteiger partial charge in [0.2, 0.25) is 0 Å². The molecule has 1 aromatic carbocycles. The van der Waals surface area contributed by atoms with Crippen molar-refractivity contribution in [2.75, 3.05) is 13.2 Å². The predicted octanol–water partition coefficient (Wildman–Crippen LogP) is 2.79. The van der Waals surface area contributed by atoms with Crippen molar-refractivity contribution in [3.05, 3.63) is 29.8 Å². The van der Waals surface area contributed by atoms with Crippen LogP contribution in [0.4, 0.5) is 13.2 Å². The molecule has 0 saturated carbocycles. The Morgan fingerprint density at radius 3 is 2.78 bits per heavy atom. The summed E-state index contributed by atoms with van der Waals surface area (Å²) in [5.41, 5.74) is 6.00. The molecule has 1 unspecified atom stereocenters. The van der Waals surface area contributed by atoms with Crippen molar-refractivity contribution < 1.29 is 22.6 Å². The van der Waals surface area contributed by atoms with Crippen LogP contribution in [0.5, 0.6) is 5.75 Å². The minimum absolute atomic E-state index is 0. The number of guanidine groups is 1. The Bertz CT molecular complexity index is 520. The van der Waals surface area contributed by atoms with E-state index in [1.807, 2.05) is 0 Å². The second-order valence-electron chi connectivity index (χ2n) is 4.87. The fourth-order valence-electron chi connectivity index (χ4n) is 2.11. The molecule has 0 aliphatic carbocycles. The first-order valence-electron chi connectivity index (χ1n) is 6.93. The summed E-state index contributed by atoms with van der Waals surface area (Å²) < 4.78 is 46.3. The maximum absolute atomic E-state index is 12.3. The highest BCUT2D eigenvalue weighted by Crippen LogP contribution is 2.26. The molecule has 0 aromatic heterocycles. The van der Waals surface area contributed by atoms with Crippen molar-refractivity contribution in [3.63, 3.8) is 0 Å². The summed E-state index contributed by atoms with van der Waals surface area (Å²) in [5.74, 6) is -0.108. The highest BCUT2D eigenvalue weighted by atomic mass is 127. The van der Waals surface area contributed by atoms with Crippen LogP contribution in [0.2, 0.25) is 0 Å². The summed E-state index contributed by atoms with van der Waals surface area (Å²) >= 11 is 0. The number of nitrogens with one attached hydrogen (secondary N) is 1. The third-order valence-electron chi connectivity index (χ3n) is 3.15. The second-order valence-corrected chi connectivity index (χ2v) is 4.87. The van der Waals surface area contributed by atoms with E-state index in [0.29, 0.717) is 12.1 Å². The average Bonchev–Trinajstić information content (AvgIpc) is 2.96. The van der Waals surface area contributed by atoms with Crippen LogP contribution in [0, 0.1) is 0 Å². The monoisotopic (exact) mass is 445 g/mol. The van der Waals surface area contributed by atoms with Crippen LogP contribution in [-0.2, 0) is 11.3 Å². The molecule has 0 bridgehead atoms. The van der Waals surface area contributed by atoms with Crippen LogP contribution in [0.25, 0.3) is 0 Å². The molecule has 1 aliphatic rings. The van der Waals surface area contributed by atoms with Crippen LogP contribution in [-0.4, -0.2) is 31.6 Å². The highest BCUT2D eigenvalue weighted by Gasteiger charge is 2.31. The Hall–Kier alpha value is -1.23. The summed E-state index contributed by atoms with van der Waals surface area (Å²) in [7, 11) is 0. The Kier molecular flexibility index (Phi) is 7.89. The molecule has 1 atom stereocenters. The molecule has 1 heterocycles. The van der Waals surface area contributed by atoms with E-state index in [9.17, 15) is 13.2 Å². The quantitative estimate of drug-likeness (QED) is 0.416. The van der Waals surface area contributed by atoms with Gasteiger partial charge in [0.1, 0.15) is 5.75 Å². The molecular formula is C14H19F3IN3O2. The first-order chi connectivity index (χ1) is 10.4. The number of hydrogen-bond acceptors (Lipinski definition) is 3. The van der Waals surface area contributed by atoms with Gasteiger partial charge in [-0.15, -0.1) is 37.1 Å². The number of benzene rings is 1. The largest absolute Gasteiger partial charge is 0.573 e. The van der Waals surface area contributed by atoms with Gasteiger partial charge in [0.05, 0.1) is 12.6 Å². The number of halogens is 4. The fraction of sp³-hybridized carbons (Fsp3) is 0.500. The summed E-state index contributed by atoms with van der Waals surface area (Å²) in [6.45, 7) is 1.28. The van der Waals surface area contributed by atoms with E-state index in [-0.39, 0.29) is 48.3 Å². The molecule has 3 N–H and O–H groups in total. The molecule has 5 nitrogen and oxygen atoms in total. The lowest BCUT2D eigenvalue weighted by atomic mass is 10.2. The summed E-state index contributed by atoms with van der Waals surface area (Å²) in [5, 5.41) is 2.90. The molecule has 23 heavy (non-hydrogen) atoms. The van der Waals surface area contributed by atoms with Crippen molar-refractivity contribution in [1.29, 1.82) is 0 Å². The smallest absolute Gasteiger partial charge is 0.405 e. The number of alkyl halides is 3. The maximum atomic E-state index is 12.3. The highest BCUT2D eigenvalue weighted by molar-refractivity contribution is 14.0. The summed E-state index contributed by atoms with van der Waals surface area (Å²) in [4.78, 5) is 4.03. The van der Waals surface area contributed by atoms with Crippen molar-refractivity contribution >= 4 is 29.9 Å². The fourth-order valence-corrected chi connectivity index (χ4v) is 2.11. The van der Waals surface area contributed by atoms with Gasteiger partial charge < -0.3 is 20.5 Å². The van der Waals surface area contributed by atoms with Gasteiger partial charge in [-0.2, -0.15) is 0 Å². The molecule has 1 aromatic rings. The maximum Gasteiger partial charge on any atom is 0.573 e. The number of para-hydroxylation sites is 1. The van der Waals surface area contributed by atoms with E-state index in [1.165, 1.54) is 18.2 Å². The first kappa shape index (κ1) is 19.8. The molecule has 2 rings (SSSR count). The molecule has 1 fully saturated rings. The van der Waals surface area contributed by atoms with E-state index >= 15 is 0 Å². The number of hydrogen-bond donors (Lipinski definition) is 2. The topological polar surface area (TPSA) is 68.9 Å². The van der Waals surface area contributed by atoms with Gasteiger partial charge >= 0.3 is 6.36 Å². The van der Waals surface area contributed by atoms with E-state index in [4.69, 9.17) is 10.5 Å². The number of nitrogens with zero attached hydrogens (tertiary/aromatic N) is 1. The van der Waals surface area contributed by atoms with Crippen LogP contribution in [0.15, 0.2) is 29.3 Å². The SMILES string of the molecule is I.NC(=NCc1ccccc1OC(F)(F)F)NCC1CCCO1. The molecule has 0 amide bonds. The van der Waals surface area contributed by atoms with Gasteiger partial charge in [-0.3, -0.25) is 0 Å². The van der Waals surface area contributed by atoms with E-state index in [2.05, 4.69) is 15.0 Å². The van der Waals surface area contributed by atoms with Gasteiger partial charge in [-0.05, 0) is 18.9 Å². The number of ether oxygens (including phenoxy) is 2. The lowest BCUT2D eigenvalue weighted by Gasteiger charge is -2.13. The zero-order valence-corrected chi connectivity index (χ0v) is 14.6. The number of nitrogens with two attached hydrogens (primary N) is 1. The van der Waals surface area contributed by atoms with Gasteiger partial charge in [0, 0.05) is 18.7 Å². The first-order valence-corrected chi connectivity index (χ1v) is 6.93. The van der Waals surface area contributed by atoms with Gasteiger partial charge in [-0.25, -0.2) is 4.99 Å². The summed E-state index contributed by atoms with van der Waals surface area (Å²) in [6.07, 6.45) is -2.65. The van der Waals surface area contributed by atoms with E-state index < -0.39 is 6.36 Å². The molecule has 1 aliphatic heterocycles. The second kappa shape index (κ2) is 9.16. The van der Waals surface area contributed by atoms with Crippen LogP contribution < -0.4 is 15.8 Å². The molecule has 0 radical (unpaired) electrons. The van der Waals surface area contributed by atoms with E-state index in [0.717, 1.165) is 19.4 Å². The van der Waals surface area contributed by atoms with Gasteiger partial charge in [0.15, 0.2) is 5.96 Å². The molecule has 9 heteroatoms. The van der Waals surface area contributed by atoms with Crippen molar-refractivity contribution in [2.45, 2.75) is 31.9 Å². The van der Waals surface area contributed by atoms with Crippen LogP contribution >= 0.6 is 24.0 Å².